The third-order valence-electron chi connectivity index (χ3n) is 4.94. The third-order valence-corrected chi connectivity index (χ3v) is 4.94. The topological polar surface area (TPSA) is 45.3 Å². The molecule has 0 aliphatic carbocycles. The lowest BCUT2D eigenvalue weighted by Crippen LogP contribution is -2.34. The van der Waals surface area contributed by atoms with Crippen LogP contribution in [-0.2, 0) is 6.54 Å². The molecule has 0 fully saturated rings. The van der Waals surface area contributed by atoms with Crippen LogP contribution in [0.15, 0.2) is 127 Å². The minimum absolute atomic E-state index is 0.251. The standard InChI is InChI=1S/C28H23N3O/c32-28(26-18-20-31(21-19-26)22-24-12-6-2-7-13-24)30-29-27(25-14-8-3-9-15-25)17-16-23-10-4-1-5-11-23/h1-21H,22H2/p+1. The van der Waals surface area contributed by atoms with E-state index in [1.807, 2.05) is 108 Å². The lowest BCUT2D eigenvalue weighted by molar-refractivity contribution is -0.688. The fraction of sp³-hybridized carbons (Fsp3) is 0.0357. The van der Waals surface area contributed by atoms with E-state index in [4.69, 9.17) is 0 Å². The molecule has 0 saturated carbocycles. The van der Waals surface area contributed by atoms with Crippen LogP contribution in [0.1, 0.15) is 27.0 Å². The second kappa shape index (κ2) is 10.6. The van der Waals surface area contributed by atoms with Crippen molar-refractivity contribution in [3.63, 3.8) is 0 Å². The van der Waals surface area contributed by atoms with E-state index in [1.165, 1.54) is 5.56 Å². The molecule has 32 heavy (non-hydrogen) atoms. The Kier molecular flexibility index (Phi) is 6.96. The highest BCUT2D eigenvalue weighted by Crippen LogP contribution is 2.07. The Hall–Kier alpha value is -4.31. The molecule has 1 amide bonds. The van der Waals surface area contributed by atoms with Crippen LogP contribution in [0.25, 0.3) is 6.08 Å². The summed E-state index contributed by atoms with van der Waals surface area (Å²) in [6.45, 7) is 0.753. The molecule has 4 aromatic rings. The zero-order chi connectivity index (χ0) is 22.0. The first-order valence-corrected chi connectivity index (χ1v) is 10.5. The van der Waals surface area contributed by atoms with E-state index in [-0.39, 0.29) is 5.91 Å². The number of carbonyl (C=O) groups is 1. The number of amides is 1. The average molecular weight is 419 g/mol. The molecule has 0 atom stereocenters. The van der Waals surface area contributed by atoms with E-state index >= 15 is 0 Å². The smallest absolute Gasteiger partial charge is 0.267 e. The lowest BCUT2D eigenvalue weighted by Gasteiger charge is -2.04. The summed E-state index contributed by atoms with van der Waals surface area (Å²) in [4.78, 5) is 12.7. The van der Waals surface area contributed by atoms with Gasteiger partial charge in [-0.25, -0.2) is 9.99 Å². The highest BCUT2D eigenvalue weighted by molar-refractivity contribution is 6.11. The zero-order valence-corrected chi connectivity index (χ0v) is 17.6. The predicted molar refractivity (Wildman–Crippen MR) is 128 cm³/mol. The molecule has 3 aromatic carbocycles. The van der Waals surface area contributed by atoms with Crippen LogP contribution < -0.4 is 9.99 Å². The molecule has 0 saturated heterocycles. The van der Waals surface area contributed by atoms with Gasteiger partial charge in [0, 0.05) is 23.3 Å². The van der Waals surface area contributed by atoms with Crippen molar-refractivity contribution in [1.82, 2.24) is 5.43 Å². The quantitative estimate of drug-likeness (QED) is 0.260. The summed E-state index contributed by atoms with van der Waals surface area (Å²) in [5.74, 6) is -0.251. The highest BCUT2D eigenvalue weighted by atomic mass is 16.2. The molecule has 1 heterocycles. The summed E-state index contributed by atoms with van der Waals surface area (Å²) >= 11 is 0. The van der Waals surface area contributed by atoms with Gasteiger partial charge in [0.15, 0.2) is 18.9 Å². The second-order valence-electron chi connectivity index (χ2n) is 7.29. The van der Waals surface area contributed by atoms with Crippen molar-refractivity contribution < 1.29 is 9.36 Å². The number of allylic oxidation sites excluding steroid dienone is 1. The van der Waals surface area contributed by atoms with Crippen molar-refractivity contribution in [2.24, 2.45) is 5.10 Å². The Morgan fingerprint density at radius 2 is 1.34 bits per heavy atom. The van der Waals surface area contributed by atoms with Crippen LogP contribution in [0.4, 0.5) is 0 Å². The van der Waals surface area contributed by atoms with E-state index in [0.29, 0.717) is 11.3 Å². The average Bonchev–Trinajstić information content (AvgIpc) is 2.86. The lowest BCUT2D eigenvalue weighted by atomic mass is 10.1. The number of hydrogen-bond donors (Lipinski definition) is 1. The fourth-order valence-corrected chi connectivity index (χ4v) is 3.23. The number of pyridine rings is 1. The molecular weight excluding hydrogens is 394 g/mol. The molecule has 0 unspecified atom stereocenters. The van der Waals surface area contributed by atoms with Gasteiger partial charge in [0.05, 0.1) is 11.3 Å². The van der Waals surface area contributed by atoms with Gasteiger partial charge in [-0.1, -0.05) is 97.1 Å². The van der Waals surface area contributed by atoms with Crippen molar-refractivity contribution in [2.45, 2.75) is 6.54 Å². The van der Waals surface area contributed by atoms with Gasteiger partial charge >= 0.3 is 0 Å². The Morgan fingerprint density at radius 1 is 0.750 bits per heavy atom. The first-order chi connectivity index (χ1) is 15.8. The normalized spacial score (nSPS) is 11.4. The van der Waals surface area contributed by atoms with E-state index in [1.54, 1.807) is 12.1 Å². The van der Waals surface area contributed by atoms with Crippen molar-refractivity contribution >= 4 is 17.7 Å². The van der Waals surface area contributed by atoms with Gasteiger partial charge in [-0.15, -0.1) is 0 Å². The van der Waals surface area contributed by atoms with Gasteiger partial charge in [-0.2, -0.15) is 5.10 Å². The molecule has 156 valence electrons. The van der Waals surface area contributed by atoms with E-state index in [9.17, 15) is 4.79 Å². The molecular formula is C28H24N3O+. The Bertz CT molecular complexity index is 1200. The number of benzene rings is 3. The van der Waals surface area contributed by atoms with Gasteiger partial charge in [-0.3, -0.25) is 4.79 Å². The molecule has 1 N–H and O–H groups in total. The summed E-state index contributed by atoms with van der Waals surface area (Å²) in [5.41, 5.74) is 7.12. The summed E-state index contributed by atoms with van der Waals surface area (Å²) < 4.78 is 2.04. The first kappa shape index (κ1) is 20.9. The van der Waals surface area contributed by atoms with Crippen LogP contribution in [-0.4, -0.2) is 11.6 Å². The van der Waals surface area contributed by atoms with Crippen LogP contribution in [0.5, 0.6) is 0 Å². The van der Waals surface area contributed by atoms with Crippen LogP contribution in [0.2, 0.25) is 0 Å². The predicted octanol–water partition coefficient (Wildman–Crippen LogP) is 4.87. The van der Waals surface area contributed by atoms with Crippen LogP contribution in [0, 0.1) is 0 Å². The van der Waals surface area contributed by atoms with Crippen LogP contribution in [0.3, 0.4) is 0 Å². The number of nitrogens with one attached hydrogen (secondary N) is 1. The van der Waals surface area contributed by atoms with Gasteiger partial charge < -0.3 is 0 Å². The van der Waals surface area contributed by atoms with Gasteiger partial charge in [0.2, 0.25) is 0 Å². The SMILES string of the molecule is O=C(NN=C(C=Cc1ccccc1)c1ccccc1)c1cc[n+](Cc2ccccc2)cc1. The Labute approximate surface area is 188 Å². The maximum Gasteiger partial charge on any atom is 0.271 e. The van der Waals surface area contributed by atoms with Crippen molar-refractivity contribution in [3.05, 3.63) is 144 Å². The maximum absolute atomic E-state index is 12.7. The Morgan fingerprint density at radius 3 is 2.00 bits per heavy atom. The van der Waals surface area contributed by atoms with Crippen molar-refractivity contribution in [2.75, 3.05) is 0 Å². The minimum Gasteiger partial charge on any atom is -0.267 e. The monoisotopic (exact) mass is 418 g/mol. The number of nitrogens with zero attached hydrogens (tertiary/aromatic N) is 2. The summed E-state index contributed by atoms with van der Waals surface area (Å²) in [6, 6.07) is 33.6. The largest absolute Gasteiger partial charge is 0.271 e. The number of hydrogen-bond acceptors (Lipinski definition) is 2. The summed E-state index contributed by atoms with van der Waals surface area (Å²) in [5, 5.41) is 4.40. The number of hydrazone groups is 1. The van der Waals surface area contributed by atoms with Crippen molar-refractivity contribution in [1.29, 1.82) is 0 Å². The number of aromatic nitrogens is 1. The fourth-order valence-electron chi connectivity index (χ4n) is 3.23. The van der Waals surface area contributed by atoms with Gasteiger partial charge in [-0.05, 0) is 11.6 Å². The first-order valence-electron chi connectivity index (χ1n) is 10.5. The molecule has 0 spiro atoms. The van der Waals surface area contributed by atoms with Crippen molar-refractivity contribution in [3.8, 4) is 0 Å². The summed E-state index contributed by atoms with van der Waals surface area (Å²) in [6.07, 6.45) is 7.69. The van der Waals surface area contributed by atoms with E-state index in [2.05, 4.69) is 22.7 Å². The molecule has 4 heteroatoms. The minimum atomic E-state index is -0.251. The molecule has 0 bridgehead atoms. The third kappa shape index (κ3) is 5.86. The Balaban J connectivity index is 1.48. The second-order valence-corrected chi connectivity index (χ2v) is 7.29. The summed E-state index contributed by atoms with van der Waals surface area (Å²) in [7, 11) is 0. The molecule has 0 radical (unpaired) electrons. The molecule has 4 rings (SSSR count). The maximum atomic E-state index is 12.7. The van der Waals surface area contributed by atoms with Gasteiger partial charge in [0.1, 0.15) is 0 Å². The van der Waals surface area contributed by atoms with E-state index < -0.39 is 0 Å². The molecule has 1 aromatic heterocycles. The number of carbonyl (C=O) groups excluding carboxylic acids is 1. The highest BCUT2D eigenvalue weighted by Gasteiger charge is 2.09. The van der Waals surface area contributed by atoms with E-state index in [0.717, 1.165) is 17.7 Å². The molecule has 0 aliphatic rings. The molecule has 0 aliphatic heterocycles. The van der Waals surface area contributed by atoms with Crippen LogP contribution >= 0.6 is 0 Å². The molecule has 4 nitrogen and oxygen atoms in total. The number of rotatable bonds is 7. The zero-order valence-electron chi connectivity index (χ0n) is 17.6. The van der Waals surface area contributed by atoms with Gasteiger partial charge in [0.25, 0.3) is 5.91 Å².